The molecule has 1 unspecified atom stereocenters. The van der Waals surface area contributed by atoms with Gasteiger partial charge in [0, 0.05) is 17.1 Å². The lowest BCUT2D eigenvalue weighted by atomic mass is 10.1. The highest BCUT2D eigenvalue weighted by Crippen LogP contribution is 2.25. The zero-order chi connectivity index (χ0) is 14.5. The van der Waals surface area contributed by atoms with E-state index in [1.54, 1.807) is 30.3 Å². The average molecular weight is 315 g/mol. The number of thioether (sulfide) groups is 1. The van der Waals surface area contributed by atoms with Gasteiger partial charge in [0.05, 0.1) is 11.1 Å². The van der Waals surface area contributed by atoms with Crippen LogP contribution >= 0.6 is 23.4 Å². The SMILES string of the molecule is OC(CSc1ccccc1F)Cc1cccc(F)c1Cl. The average Bonchev–Trinajstić information content (AvgIpc) is 2.43. The van der Waals surface area contributed by atoms with E-state index >= 15 is 0 Å². The minimum Gasteiger partial charge on any atom is -0.392 e. The molecule has 1 atom stereocenters. The van der Waals surface area contributed by atoms with E-state index in [2.05, 4.69) is 0 Å². The molecule has 2 aromatic rings. The third-order valence-electron chi connectivity index (χ3n) is 2.75. The quantitative estimate of drug-likeness (QED) is 0.830. The van der Waals surface area contributed by atoms with E-state index in [-0.39, 0.29) is 17.3 Å². The topological polar surface area (TPSA) is 20.2 Å². The van der Waals surface area contributed by atoms with Crippen LogP contribution in [0.1, 0.15) is 5.56 Å². The Morgan fingerprint density at radius 1 is 1.05 bits per heavy atom. The van der Waals surface area contributed by atoms with Crippen LogP contribution in [0, 0.1) is 11.6 Å². The molecule has 1 nitrogen and oxygen atoms in total. The van der Waals surface area contributed by atoms with Crippen molar-refractivity contribution in [2.45, 2.75) is 17.4 Å². The molecule has 0 radical (unpaired) electrons. The van der Waals surface area contributed by atoms with Crippen LogP contribution in [-0.4, -0.2) is 17.0 Å². The van der Waals surface area contributed by atoms with Gasteiger partial charge in [-0.25, -0.2) is 8.78 Å². The van der Waals surface area contributed by atoms with E-state index < -0.39 is 11.9 Å². The number of hydrogen-bond donors (Lipinski definition) is 1. The molecule has 0 bridgehead atoms. The molecule has 0 aliphatic heterocycles. The summed E-state index contributed by atoms with van der Waals surface area (Å²) in [6.07, 6.45) is -0.489. The van der Waals surface area contributed by atoms with Gasteiger partial charge in [0.15, 0.2) is 0 Å². The fourth-order valence-corrected chi connectivity index (χ4v) is 2.84. The lowest BCUT2D eigenvalue weighted by Crippen LogP contribution is -2.14. The van der Waals surface area contributed by atoms with Gasteiger partial charge < -0.3 is 5.11 Å². The number of benzene rings is 2. The van der Waals surface area contributed by atoms with E-state index in [1.165, 1.54) is 23.9 Å². The van der Waals surface area contributed by atoms with Crippen LogP contribution in [-0.2, 0) is 6.42 Å². The summed E-state index contributed by atoms with van der Waals surface area (Å²) in [7, 11) is 0. The number of hydrogen-bond acceptors (Lipinski definition) is 2. The molecule has 0 saturated carbocycles. The fourth-order valence-electron chi connectivity index (χ4n) is 1.77. The molecule has 0 aromatic heterocycles. The molecule has 0 fully saturated rings. The molecule has 106 valence electrons. The molecule has 20 heavy (non-hydrogen) atoms. The first kappa shape index (κ1) is 15.3. The molecule has 2 rings (SSSR count). The smallest absolute Gasteiger partial charge is 0.142 e. The van der Waals surface area contributed by atoms with Crippen molar-refractivity contribution >= 4 is 23.4 Å². The Labute approximate surface area is 125 Å². The molecule has 0 saturated heterocycles. The summed E-state index contributed by atoms with van der Waals surface area (Å²) in [5.74, 6) is -0.500. The van der Waals surface area contributed by atoms with E-state index in [1.807, 2.05) is 0 Å². The fraction of sp³-hybridized carbons (Fsp3) is 0.200. The second kappa shape index (κ2) is 7.07. The van der Waals surface area contributed by atoms with E-state index in [0.717, 1.165) is 0 Å². The highest BCUT2D eigenvalue weighted by atomic mass is 35.5. The van der Waals surface area contributed by atoms with Gasteiger partial charge in [-0.15, -0.1) is 11.8 Å². The molecule has 5 heteroatoms. The van der Waals surface area contributed by atoms with Gasteiger partial charge in [-0.1, -0.05) is 35.9 Å². The zero-order valence-electron chi connectivity index (χ0n) is 10.5. The number of aliphatic hydroxyl groups excluding tert-OH is 1. The van der Waals surface area contributed by atoms with Crippen molar-refractivity contribution in [2.75, 3.05) is 5.75 Å². The van der Waals surface area contributed by atoms with Gasteiger partial charge in [-0.2, -0.15) is 0 Å². The molecule has 2 aromatic carbocycles. The van der Waals surface area contributed by atoms with Gasteiger partial charge in [0.25, 0.3) is 0 Å². The number of aliphatic hydroxyl groups is 1. The minimum absolute atomic E-state index is 0.0300. The lowest BCUT2D eigenvalue weighted by molar-refractivity contribution is 0.200. The van der Waals surface area contributed by atoms with Gasteiger partial charge >= 0.3 is 0 Å². The van der Waals surface area contributed by atoms with Crippen LogP contribution in [0.25, 0.3) is 0 Å². The highest BCUT2D eigenvalue weighted by molar-refractivity contribution is 7.99. The standard InChI is InChI=1S/C15H13ClF2OS/c16-15-10(4-3-6-13(15)18)8-11(19)9-20-14-7-2-1-5-12(14)17/h1-7,11,19H,8-9H2. The summed E-state index contributed by atoms with van der Waals surface area (Å²) in [5.41, 5.74) is 0.549. The Kier molecular flexibility index (Phi) is 5.40. The summed E-state index contributed by atoms with van der Waals surface area (Å²) < 4.78 is 26.7. The van der Waals surface area contributed by atoms with Gasteiger partial charge in [0.1, 0.15) is 11.6 Å². The highest BCUT2D eigenvalue weighted by Gasteiger charge is 2.12. The van der Waals surface area contributed by atoms with Crippen molar-refractivity contribution in [3.05, 3.63) is 64.7 Å². The Morgan fingerprint density at radius 2 is 1.75 bits per heavy atom. The van der Waals surface area contributed by atoms with Crippen molar-refractivity contribution in [1.29, 1.82) is 0 Å². The van der Waals surface area contributed by atoms with E-state index in [9.17, 15) is 13.9 Å². The maximum atomic E-state index is 13.4. The maximum absolute atomic E-state index is 13.4. The predicted octanol–water partition coefficient (Wildman–Crippen LogP) is 4.31. The monoisotopic (exact) mass is 314 g/mol. The normalized spacial score (nSPS) is 12.4. The maximum Gasteiger partial charge on any atom is 0.142 e. The molecule has 0 aliphatic carbocycles. The van der Waals surface area contributed by atoms with Crippen LogP contribution < -0.4 is 0 Å². The van der Waals surface area contributed by atoms with Crippen LogP contribution in [0.4, 0.5) is 8.78 Å². The second-order valence-corrected chi connectivity index (χ2v) is 5.75. The minimum atomic E-state index is -0.723. The first-order valence-electron chi connectivity index (χ1n) is 6.06. The van der Waals surface area contributed by atoms with Gasteiger partial charge in [-0.3, -0.25) is 0 Å². The number of rotatable bonds is 5. The Morgan fingerprint density at radius 3 is 2.50 bits per heavy atom. The van der Waals surface area contributed by atoms with Gasteiger partial charge in [0.2, 0.25) is 0 Å². The van der Waals surface area contributed by atoms with Crippen LogP contribution in [0.3, 0.4) is 0 Å². The Hall–Kier alpha value is -1.10. The lowest BCUT2D eigenvalue weighted by Gasteiger charge is -2.12. The predicted molar refractivity (Wildman–Crippen MR) is 78.2 cm³/mol. The summed E-state index contributed by atoms with van der Waals surface area (Å²) >= 11 is 7.05. The van der Waals surface area contributed by atoms with Crippen molar-refractivity contribution in [3.8, 4) is 0 Å². The Balaban J connectivity index is 1.94. The van der Waals surface area contributed by atoms with Crippen molar-refractivity contribution in [2.24, 2.45) is 0 Å². The van der Waals surface area contributed by atoms with E-state index in [0.29, 0.717) is 16.2 Å². The zero-order valence-corrected chi connectivity index (χ0v) is 12.1. The van der Waals surface area contributed by atoms with E-state index in [4.69, 9.17) is 11.6 Å². The van der Waals surface area contributed by atoms with Crippen molar-refractivity contribution in [1.82, 2.24) is 0 Å². The largest absolute Gasteiger partial charge is 0.392 e. The van der Waals surface area contributed by atoms with Crippen LogP contribution in [0.15, 0.2) is 47.4 Å². The van der Waals surface area contributed by atoms with Crippen molar-refractivity contribution < 1.29 is 13.9 Å². The van der Waals surface area contributed by atoms with Gasteiger partial charge in [-0.05, 0) is 23.8 Å². The van der Waals surface area contributed by atoms with Crippen LogP contribution in [0.2, 0.25) is 5.02 Å². The molecular weight excluding hydrogens is 302 g/mol. The van der Waals surface area contributed by atoms with Crippen molar-refractivity contribution in [3.63, 3.8) is 0 Å². The summed E-state index contributed by atoms with van der Waals surface area (Å²) in [4.78, 5) is 0.483. The Bertz CT molecular complexity index is 592. The molecule has 0 aliphatic rings. The summed E-state index contributed by atoms with van der Waals surface area (Å²) in [6.45, 7) is 0. The number of halogens is 3. The molecule has 0 amide bonds. The first-order valence-corrected chi connectivity index (χ1v) is 7.42. The summed E-state index contributed by atoms with van der Waals surface area (Å²) in [5, 5.41) is 9.98. The third-order valence-corrected chi connectivity index (χ3v) is 4.37. The second-order valence-electron chi connectivity index (χ2n) is 4.31. The van der Waals surface area contributed by atoms with Crippen LogP contribution in [0.5, 0.6) is 0 Å². The molecular formula is C15H13ClF2OS. The molecule has 0 spiro atoms. The summed E-state index contributed by atoms with van der Waals surface area (Å²) in [6, 6.07) is 10.9. The molecule has 0 heterocycles. The molecule has 1 N–H and O–H groups in total. The first-order chi connectivity index (χ1) is 9.58. The third kappa shape index (κ3) is 3.95.